The van der Waals surface area contributed by atoms with E-state index in [2.05, 4.69) is 4.98 Å². The van der Waals surface area contributed by atoms with Crippen LogP contribution in [0.3, 0.4) is 0 Å². The fourth-order valence-corrected chi connectivity index (χ4v) is 1.62. The molecule has 0 aliphatic rings. The van der Waals surface area contributed by atoms with Crippen LogP contribution < -0.4 is 4.74 Å². The number of benzene rings is 1. The SMILES string of the molecule is COc1c(C(=O)O)ncn1Cc1ccccc1. The van der Waals surface area contributed by atoms with Crippen LogP contribution in [0.4, 0.5) is 0 Å². The van der Waals surface area contributed by atoms with E-state index in [4.69, 9.17) is 9.84 Å². The van der Waals surface area contributed by atoms with Crippen molar-refractivity contribution >= 4 is 5.97 Å². The van der Waals surface area contributed by atoms with Gasteiger partial charge in [0.05, 0.1) is 20.0 Å². The first-order chi connectivity index (χ1) is 8.22. The zero-order valence-electron chi connectivity index (χ0n) is 9.33. The standard InChI is InChI=1S/C12H12N2O3/c1-17-11-10(12(15)16)13-8-14(11)7-9-5-3-2-4-6-9/h2-6,8H,7H2,1H3,(H,15,16). The maximum absolute atomic E-state index is 10.9. The summed E-state index contributed by atoms with van der Waals surface area (Å²) in [7, 11) is 1.44. The van der Waals surface area contributed by atoms with E-state index >= 15 is 0 Å². The van der Waals surface area contributed by atoms with Crippen molar-refractivity contribution in [2.75, 3.05) is 7.11 Å². The highest BCUT2D eigenvalue weighted by Gasteiger charge is 2.17. The van der Waals surface area contributed by atoms with Crippen molar-refractivity contribution in [1.29, 1.82) is 0 Å². The molecule has 1 heterocycles. The van der Waals surface area contributed by atoms with Gasteiger partial charge in [-0.15, -0.1) is 0 Å². The van der Waals surface area contributed by atoms with Gasteiger partial charge in [0.1, 0.15) is 0 Å². The molecule has 0 radical (unpaired) electrons. The summed E-state index contributed by atoms with van der Waals surface area (Å²) in [6.07, 6.45) is 1.47. The second-order valence-corrected chi connectivity index (χ2v) is 3.52. The minimum Gasteiger partial charge on any atom is -0.480 e. The highest BCUT2D eigenvalue weighted by molar-refractivity contribution is 5.88. The normalized spacial score (nSPS) is 10.2. The van der Waals surface area contributed by atoms with E-state index in [9.17, 15) is 4.79 Å². The smallest absolute Gasteiger partial charge is 0.360 e. The number of nitrogens with zero attached hydrogens (tertiary/aromatic N) is 2. The fourth-order valence-electron chi connectivity index (χ4n) is 1.62. The third-order valence-corrected chi connectivity index (χ3v) is 2.38. The summed E-state index contributed by atoms with van der Waals surface area (Å²) >= 11 is 0. The lowest BCUT2D eigenvalue weighted by Crippen LogP contribution is -2.04. The molecule has 2 rings (SSSR count). The number of carboxylic acids is 1. The van der Waals surface area contributed by atoms with Crippen LogP contribution in [0.2, 0.25) is 0 Å². The van der Waals surface area contributed by atoms with Gasteiger partial charge >= 0.3 is 5.97 Å². The minimum absolute atomic E-state index is 0.0663. The van der Waals surface area contributed by atoms with E-state index in [0.717, 1.165) is 5.56 Å². The van der Waals surface area contributed by atoms with Crippen LogP contribution in [0, 0.1) is 0 Å². The van der Waals surface area contributed by atoms with Crippen molar-refractivity contribution in [2.24, 2.45) is 0 Å². The van der Waals surface area contributed by atoms with Crippen molar-refractivity contribution in [3.05, 3.63) is 47.9 Å². The molecule has 1 N–H and O–H groups in total. The highest BCUT2D eigenvalue weighted by atomic mass is 16.5. The lowest BCUT2D eigenvalue weighted by molar-refractivity contribution is 0.0687. The van der Waals surface area contributed by atoms with E-state index in [-0.39, 0.29) is 11.6 Å². The molecule has 0 unspecified atom stereocenters. The molecule has 0 bridgehead atoms. The number of carboxylic acid groups (broad SMARTS) is 1. The van der Waals surface area contributed by atoms with Gasteiger partial charge in [-0.25, -0.2) is 9.78 Å². The molecule has 0 fully saturated rings. The summed E-state index contributed by atoms with van der Waals surface area (Å²) in [6, 6.07) is 9.70. The third kappa shape index (κ3) is 2.28. The van der Waals surface area contributed by atoms with E-state index in [0.29, 0.717) is 6.54 Å². The second kappa shape index (κ2) is 4.69. The number of aromatic carboxylic acids is 1. The monoisotopic (exact) mass is 232 g/mol. The van der Waals surface area contributed by atoms with E-state index in [1.54, 1.807) is 4.57 Å². The molecular weight excluding hydrogens is 220 g/mol. The number of ether oxygens (including phenoxy) is 1. The summed E-state index contributed by atoms with van der Waals surface area (Å²) in [4.78, 5) is 14.7. The van der Waals surface area contributed by atoms with Crippen molar-refractivity contribution in [1.82, 2.24) is 9.55 Å². The molecule has 1 aromatic heterocycles. The van der Waals surface area contributed by atoms with Gasteiger partial charge in [0.25, 0.3) is 0 Å². The first kappa shape index (κ1) is 11.2. The molecule has 0 aliphatic carbocycles. The topological polar surface area (TPSA) is 64.3 Å². The summed E-state index contributed by atoms with van der Waals surface area (Å²) in [5.74, 6) is -0.824. The van der Waals surface area contributed by atoms with Crippen LogP contribution >= 0.6 is 0 Å². The Hall–Kier alpha value is -2.30. The maximum atomic E-state index is 10.9. The number of methoxy groups -OCH3 is 1. The molecule has 17 heavy (non-hydrogen) atoms. The number of carbonyl (C=O) groups is 1. The zero-order valence-corrected chi connectivity index (χ0v) is 9.33. The lowest BCUT2D eigenvalue weighted by Gasteiger charge is -2.07. The van der Waals surface area contributed by atoms with Gasteiger partial charge in [0.15, 0.2) is 0 Å². The van der Waals surface area contributed by atoms with Gasteiger partial charge in [-0.2, -0.15) is 0 Å². The Bertz CT molecular complexity index is 520. The number of aromatic nitrogens is 2. The van der Waals surface area contributed by atoms with Gasteiger partial charge in [0, 0.05) is 0 Å². The van der Waals surface area contributed by atoms with Crippen LogP contribution in [0.5, 0.6) is 5.88 Å². The van der Waals surface area contributed by atoms with E-state index in [1.807, 2.05) is 30.3 Å². The molecule has 0 atom stereocenters. The lowest BCUT2D eigenvalue weighted by atomic mass is 10.2. The Morgan fingerprint density at radius 3 is 2.71 bits per heavy atom. The molecule has 0 saturated heterocycles. The molecule has 0 spiro atoms. The largest absolute Gasteiger partial charge is 0.480 e. The Balaban J connectivity index is 2.31. The van der Waals surface area contributed by atoms with Crippen LogP contribution in [0.25, 0.3) is 0 Å². The van der Waals surface area contributed by atoms with Gasteiger partial charge in [-0.1, -0.05) is 30.3 Å². The van der Waals surface area contributed by atoms with Crippen LogP contribution in [0.15, 0.2) is 36.7 Å². The van der Waals surface area contributed by atoms with Crippen LogP contribution in [0.1, 0.15) is 16.1 Å². The van der Waals surface area contributed by atoms with Crippen LogP contribution in [-0.4, -0.2) is 27.7 Å². The van der Waals surface area contributed by atoms with Gasteiger partial charge < -0.3 is 9.84 Å². The fraction of sp³-hybridized carbons (Fsp3) is 0.167. The predicted molar refractivity (Wildman–Crippen MR) is 61.3 cm³/mol. The summed E-state index contributed by atoms with van der Waals surface area (Å²) in [5, 5.41) is 8.92. The van der Waals surface area contributed by atoms with Crippen molar-refractivity contribution in [3.63, 3.8) is 0 Å². The highest BCUT2D eigenvalue weighted by Crippen LogP contribution is 2.18. The zero-order chi connectivity index (χ0) is 12.3. The van der Waals surface area contributed by atoms with Gasteiger partial charge in [-0.3, -0.25) is 4.57 Å². The van der Waals surface area contributed by atoms with Crippen molar-refractivity contribution < 1.29 is 14.6 Å². The molecule has 1 aromatic carbocycles. The third-order valence-electron chi connectivity index (χ3n) is 2.38. The Morgan fingerprint density at radius 1 is 1.41 bits per heavy atom. The number of hydrogen-bond donors (Lipinski definition) is 1. The quantitative estimate of drug-likeness (QED) is 0.870. The van der Waals surface area contributed by atoms with E-state index < -0.39 is 5.97 Å². The van der Waals surface area contributed by atoms with Gasteiger partial charge in [0.2, 0.25) is 11.6 Å². The van der Waals surface area contributed by atoms with Crippen LogP contribution in [-0.2, 0) is 6.54 Å². The number of imidazole rings is 1. The first-order valence-electron chi connectivity index (χ1n) is 5.08. The molecular formula is C12H12N2O3. The first-order valence-corrected chi connectivity index (χ1v) is 5.08. The van der Waals surface area contributed by atoms with E-state index in [1.165, 1.54) is 13.4 Å². The molecule has 5 nitrogen and oxygen atoms in total. The summed E-state index contributed by atoms with van der Waals surface area (Å²) in [6.45, 7) is 0.532. The Labute approximate surface area is 98.3 Å². The summed E-state index contributed by atoms with van der Waals surface area (Å²) in [5.41, 5.74) is 0.989. The molecule has 2 aromatic rings. The molecule has 0 amide bonds. The van der Waals surface area contributed by atoms with Gasteiger partial charge in [-0.05, 0) is 5.56 Å². The number of rotatable bonds is 4. The second-order valence-electron chi connectivity index (χ2n) is 3.52. The Kier molecular flexibility index (Phi) is 3.09. The molecule has 0 aliphatic heterocycles. The number of hydrogen-bond acceptors (Lipinski definition) is 3. The average Bonchev–Trinajstić information content (AvgIpc) is 2.73. The van der Waals surface area contributed by atoms with Crippen molar-refractivity contribution in [2.45, 2.75) is 6.54 Å². The average molecular weight is 232 g/mol. The molecule has 0 saturated carbocycles. The molecule has 88 valence electrons. The summed E-state index contributed by atoms with van der Waals surface area (Å²) < 4.78 is 6.74. The predicted octanol–water partition coefficient (Wildman–Crippen LogP) is 1.64. The maximum Gasteiger partial charge on any atom is 0.360 e. The molecule has 5 heteroatoms. The van der Waals surface area contributed by atoms with Crippen molar-refractivity contribution in [3.8, 4) is 5.88 Å². The minimum atomic E-state index is -1.09. The Morgan fingerprint density at radius 2 is 2.12 bits per heavy atom.